The molecule has 1 heterocycles. The van der Waals surface area contributed by atoms with Crippen molar-refractivity contribution in [2.24, 2.45) is 0 Å². The van der Waals surface area contributed by atoms with E-state index < -0.39 is 11.6 Å². The van der Waals surface area contributed by atoms with Crippen LogP contribution in [0, 0.1) is 0 Å². The second-order valence-electron chi connectivity index (χ2n) is 6.18. The molecule has 1 unspecified atom stereocenters. The van der Waals surface area contributed by atoms with Gasteiger partial charge in [-0.15, -0.1) is 0 Å². The van der Waals surface area contributed by atoms with Crippen molar-refractivity contribution in [2.75, 3.05) is 18.0 Å². The van der Waals surface area contributed by atoms with Gasteiger partial charge in [0, 0.05) is 24.3 Å². The summed E-state index contributed by atoms with van der Waals surface area (Å²) in [6.07, 6.45) is -4.07. The van der Waals surface area contributed by atoms with Crippen LogP contribution in [0.5, 0.6) is 0 Å². The highest BCUT2D eigenvalue weighted by Crippen LogP contribution is 2.50. The monoisotopic (exact) mass is 421 g/mol. The molecule has 26 heavy (non-hydrogen) atoms. The van der Waals surface area contributed by atoms with Crippen LogP contribution in [0.15, 0.2) is 36.4 Å². The molecule has 8 heteroatoms. The van der Waals surface area contributed by atoms with E-state index in [9.17, 15) is 18.0 Å². The quantitative estimate of drug-likeness (QED) is 0.435. The molecule has 3 rings (SSSR count). The Kier molecular flexibility index (Phi) is 5.17. The number of benzene rings is 2. The normalized spacial score (nSPS) is 20.5. The van der Waals surface area contributed by atoms with E-state index in [1.165, 1.54) is 12.1 Å². The highest BCUT2D eigenvalue weighted by Gasteiger charge is 2.59. The summed E-state index contributed by atoms with van der Waals surface area (Å²) in [6, 6.07) is 9.01. The summed E-state index contributed by atoms with van der Waals surface area (Å²) in [5.41, 5.74) is -1.37. The standard InChI is InChI=1S/C18H13Cl3F3NO/c19-13-7-12(8-14(20)16(13)21)17(18(22,23)24)5-6-25(10-17)15-4-2-1-3-11(15)9-26/h1-4,7-9H,5-6,10H2. The van der Waals surface area contributed by atoms with E-state index in [0.29, 0.717) is 17.5 Å². The lowest BCUT2D eigenvalue weighted by Gasteiger charge is -2.33. The van der Waals surface area contributed by atoms with Crippen molar-refractivity contribution < 1.29 is 18.0 Å². The molecule has 0 amide bonds. The first-order chi connectivity index (χ1) is 12.2. The van der Waals surface area contributed by atoms with Gasteiger partial charge in [-0.05, 0) is 36.2 Å². The summed E-state index contributed by atoms with van der Waals surface area (Å²) in [5, 5.41) is -0.0235. The number of hydrogen-bond donors (Lipinski definition) is 0. The fourth-order valence-corrected chi connectivity index (χ4v) is 3.95. The molecule has 1 aliphatic rings. The third-order valence-corrected chi connectivity index (χ3v) is 5.95. The number of hydrogen-bond acceptors (Lipinski definition) is 2. The van der Waals surface area contributed by atoms with E-state index in [-0.39, 0.29) is 40.1 Å². The molecule has 1 aliphatic heterocycles. The second-order valence-corrected chi connectivity index (χ2v) is 7.37. The number of rotatable bonds is 3. The number of carbonyl (C=O) groups is 1. The van der Waals surface area contributed by atoms with Crippen molar-refractivity contribution in [3.05, 3.63) is 62.6 Å². The number of carbonyl (C=O) groups excluding carboxylic acids is 1. The van der Waals surface area contributed by atoms with Crippen LogP contribution in [0.3, 0.4) is 0 Å². The summed E-state index contributed by atoms with van der Waals surface area (Å²) >= 11 is 17.8. The lowest BCUT2D eigenvalue weighted by atomic mass is 9.79. The minimum absolute atomic E-state index is 0.0236. The Morgan fingerprint density at radius 2 is 1.69 bits per heavy atom. The van der Waals surface area contributed by atoms with Gasteiger partial charge in [0.25, 0.3) is 0 Å². The molecule has 1 atom stereocenters. The maximum Gasteiger partial charge on any atom is 0.400 e. The summed E-state index contributed by atoms with van der Waals surface area (Å²) in [6.45, 7) is -0.197. The molecule has 1 fully saturated rings. The molecule has 0 saturated carbocycles. The molecule has 0 aromatic heterocycles. The summed E-state index contributed by atoms with van der Waals surface area (Å²) in [7, 11) is 0. The molecule has 0 bridgehead atoms. The topological polar surface area (TPSA) is 20.3 Å². The number of aldehydes is 1. The van der Waals surface area contributed by atoms with Gasteiger partial charge in [0.1, 0.15) is 5.41 Å². The first kappa shape index (κ1) is 19.3. The van der Waals surface area contributed by atoms with Gasteiger partial charge in [-0.3, -0.25) is 4.79 Å². The predicted molar refractivity (Wildman–Crippen MR) is 97.9 cm³/mol. The van der Waals surface area contributed by atoms with E-state index >= 15 is 0 Å². The Bertz CT molecular complexity index is 833. The molecule has 1 saturated heterocycles. The molecule has 2 aromatic carbocycles. The fraction of sp³-hybridized carbons (Fsp3) is 0.278. The highest BCUT2D eigenvalue weighted by atomic mass is 35.5. The Hall–Kier alpha value is -1.43. The Morgan fingerprint density at radius 3 is 2.27 bits per heavy atom. The van der Waals surface area contributed by atoms with Crippen LogP contribution in [-0.2, 0) is 5.41 Å². The van der Waals surface area contributed by atoms with Gasteiger partial charge < -0.3 is 4.90 Å². The van der Waals surface area contributed by atoms with Crippen molar-refractivity contribution >= 4 is 46.8 Å². The minimum Gasteiger partial charge on any atom is -0.370 e. The largest absolute Gasteiger partial charge is 0.400 e. The Morgan fingerprint density at radius 1 is 1.08 bits per heavy atom. The number of halogens is 6. The maximum atomic E-state index is 14.1. The predicted octanol–water partition coefficient (Wildman–Crippen LogP) is 6.17. The van der Waals surface area contributed by atoms with Crippen LogP contribution in [0.4, 0.5) is 18.9 Å². The maximum absolute atomic E-state index is 14.1. The van der Waals surface area contributed by atoms with Crippen molar-refractivity contribution in [3.8, 4) is 0 Å². The van der Waals surface area contributed by atoms with Gasteiger partial charge in [0.15, 0.2) is 6.29 Å². The van der Waals surface area contributed by atoms with E-state index in [1.807, 2.05) is 0 Å². The summed E-state index contributed by atoms with van der Waals surface area (Å²) in [4.78, 5) is 12.8. The first-order valence-electron chi connectivity index (χ1n) is 7.70. The zero-order chi connectivity index (χ0) is 19.1. The van der Waals surface area contributed by atoms with E-state index in [0.717, 1.165) is 0 Å². The van der Waals surface area contributed by atoms with Crippen LogP contribution in [0.2, 0.25) is 15.1 Å². The summed E-state index contributed by atoms with van der Waals surface area (Å²) < 4.78 is 42.4. The highest BCUT2D eigenvalue weighted by molar-refractivity contribution is 6.48. The van der Waals surface area contributed by atoms with Crippen LogP contribution >= 0.6 is 34.8 Å². The molecule has 2 nitrogen and oxygen atoms in total. The Balaban J connectivity index is 2.08. The van der Waals surface area contributed by atoms with E-state index in [1.54, 1.807) is 29.2 Å². The van der Waals surface area contributed by atoms with Crippen molar-refractivity contribution in [2.45, 2.75) is 18.0 Å². The van der Waals surface area contributed by atoms with Crippen LogP contribution in [-0.4, -0.2) is 25.6 Å². The van der Waals surface area contributed by atoms with E-state index in [4.69, 9.17) is 34.8 Å². The number of alkyl halides is 3. The second kappa shape index (κ2) is 6.95. The molecular formula is C18H13Cl3F3NO. The van der Waals surface area contributed by atoms with Crippen molar-refractivity contribution in [1.82, 2.24) is 0 Å². The zero-order valence-electron chi connectivity index (χ0n) is 13.3. The molecule has 0 radical (unpaired) electrons. The average Bonchev–Trinajstić information content (AvgIpc) is 3.05. The fourth-order valence-electron chi connectivity index (χ4n) is 3.35. The number of nitrogens with zero attached hydrogens (tertiary/aromatic N) is 1. The van der Waals surface area contributed by atoms with Crippen LogP contribution < -0.4 is 4.90 Å². The SMILES string of the molecule is O=Cc1ccccc1N1CCC(c2cc(Cl)c(Cl)c(Cl)c2)(C(F)(F)F)C1. The summed E-state index contributed by atoms with van der Waals surface area (Å²) in [5.74, 6) is 0. The molecule has 0 spiro atoms. The molecule has 138 valence electrons. The van der Waals surface area contributed by atoms with Gasteiger partial charge in [0.2, 0.25) is 0 Å². The van der Waals surface area contributed by atoms with Gasteiger partial charge in [-0.2, -0.15) is 13.2 Å². The number of anilines is 1. The molecular weight excluding hydrogens is 410 g/mol. The lowest BCUT2D eigenvalue weighted by Crippen LogP contribution is -2.45. The minimum atomic E-state index is -4.53. The molecule has 2 aromatic rings. The smallest absolute Gasteiger partial charge is 0.370 e. The van der Waals surface area contributed by atoms with Gasteiger partial charge in [0.05, 0.1) is 15.1 Å². The van der Waals surface area contributed by atoms with Crippen molar-refractivity contribution in [3.63, 3.8) is 0 Å². The molecule has 0 N–H and O–H groups in total. The van der Waals surface area contributed by atoms with E-state index in [2.05, 4.69) is 0 Å². The Labute approximate surface area is 163 Å². The molecule has 0 aliphatic carbocycles. The zero-order valence-corrected chi connectivity index (χ0v) is 15.6. The third-order valence-electron chi connectivity index (χ3n) is 4.75. The third kappa shape index (κ3) is 3.17. The number of para-hydroxylation sites is 1. The van der Waals surface area contributed by atoms with Gasteiger partial charge >= 0.3 is 6.18 Å². The average molecular weight is 423 g/mol. The van der Waals surface area contributed by atoms with Crippen LogP contribution in [0.1, 0.15) is 22.3 Å². The van der Waals surface area contributed by atoms with Crippen molar-refractivity contribution in [1.29, 1.82) is 0 Å². The van der Waals surface area contributed by atoms with Gasteiger partial charge in [-0.1, -0.05) is 46.9 Å². The first-order valence-corrected chi connectivity index (χ1v) is 8.84. The van der Waals surface area contributed by atoms with Gasteiger partial charge in [-0.25, -0.2) is 0 Å². The van der Waals surface area contributed by atoms with Crippen LogP contribution in [0.25, 0.3) is 0 Å². The lowest BCUT2D eigenvalue weighted by molar-refractivity contribution is -0.184.